The van der Waals surface area contributed by atoms with Crippen LogP contribution in [-0.4, -0.2) is 47.3 Å². The van der Waals surface area contributed by atoms with Crippen LogP contribution in [0.15, 0.2) is 23.2 Å². The maximum atomic E-state index is 12.4. The van der Waals surface area contributed by atoms with Gasteiger partial charge in [-0.15, -0.1) is 0 Å². The Kier molecular flexibility index (Phi) is 6.51. The highest BCUT2D eigenvalue weighted by Gasteiger charge is 2.38. The van der Waals surface area contributed by atoms with Crippen molar-refractivity contribution in [2.24, 2.45) is 4.99 Å². The summed E-state index contributed by atoms with van der Waals surface area (Å²) < 4.78 is 5.07. The second-order valence-corrected chi connectivity index (χ2v) is 6.62. The van der Waals surface area contributed by atoms with Gasteiger partial charge in [0.2, 0.25) is 11.8 Å². The van der Waals surface area contributed by atoms with Crippen LogP contribution in [0, 0.1) is 0 Å². The zero-order chi connectivity index (χ0) is 17.7. The van der Waals surface area contributed by atoms with Gasteiger partial charge in [0.25, 0.3) is 0 Å². The molecular formula is C16H20ClN3O3S. The topological polar surface area (TPSA) is 71.0 Å². The third-order valence-corrected chi connectivity index (χ3v) is 4.94. The van der Waals surface area contributed by atoms with E-state index in [1.165, 1.54) is 18.9 Å². The Labute approximate surface area is 150 Å². The number of ether oxygens (including phenoxy) is 1. The largest absolute Gasteiger partial charge is 0.495 e. The molecule has 1 saturated heterocycles. The molecule has 2 rings (SSSR count). The number of aliphatic imine (C=N–C) groups is 1. The molecule has 1 aliphatic rings. The minimum atomic E-state index is -0.441. The van der Waals surface area contributed by atoms with E-state index in [9.17, 15) is 9.59 Å². The van der Waals surface area contributed by atoms with Crippen LogP contribution < -0.4 is 10.1 Å². The van der Waals surface area contributed by atoms with Gasteiger partial charge in [-0.05, 0) is 32.0 Å². The summed E-state index contributed by atoms with van der Waals surface area (Å²) in [5, 5.41) is 3.42. The monoisotopic (exact) mass is 369 g/mol. The van der Waals surface area contributed by atoms with Gasteiger partial charge >= 0.3 is 0 Å². The summed E-state index contributed by atoms with van der Waals surface area (Å²) in [6, 6.07) is 5.00. The molecule has 2 amide bonds. The van der Waals surface area contributed by atoms with Crippen LogP contribution >= 0.6 is 23.4 Å². The number of amidine groups is 1. The number of methoxy groups -OCH3 is 1. The fourth-order valence-corrected chi connectivity index (χ4v) is 3.84. The van der Waals surface area contributed by atoms with Gasteiger partial charge in [0.1, 0.15) is 11.0 Å². The molecule has 1 N–H and O–H groups in total. The number of hydrogen-bond acceptors (Lipinski definition) is 5. The van der Waals surface area contributed by atoms with Crippen LogP contribution in [0.5, 0.6) is 5.75 Å². The van der Waals surface area contributed by atoms with Crippen molar-refractivity contribution >= 4 is 46.0 Å². The normalized spacial score (nSPS) is 19.0. The first-order valence-corrected chi connectivity index (χ1v) is 8.91. The highest BCUT2D eigenvalue weighted by atomic mass is 35.5. The highest BCUT2D eigenvalue weighted by Crippen LogP contribution is 2.30. The van der Waals surface area contributed by atoms with E-state index < -0.39 is 5.25 Å². The van der Waals surface area contributed by atoms with Crippen molar-refractivity contribution in [2.75, 3.05) is 25.5 Å². The summed E-state index contributed by atoms with van der Waals surface area (Å²) in [6.07, 6.45) is 0.0897. The number of anilines is 1. The average Bonchev–Trinajstić information content (AvgIpc) is 2.83. The molecule has 0 aromatic heterocycles. The molecule has 0 spiro atoms. The summed E-state index contributed by atoms with van der Waals surface area (Å²) in [4.78, 5) is 30.5. The molecule has 0 aliphatic carbocycles. The molecule has 1 aromatic carbocycles. The predicted molar refractivity (Wildman–Crippen MR) is 98.0 cm³/mol. The molecule has 0 bridgehead atoms. The summed E-state index contributed by atoms with van der Waals surface area (Å²) in [5.74, 6) is 0.226. The molecule has 1 aromatic rings. The van der Waals surface area contributed by atoms with Gasteiger partial charge in [-0.3, -0.25) is 19.5 Å². The zero-order valence-electron chi connectivity index (χ0n) is 13.8. The van der Waals surface area contributed by atoms with Gasteiger partial charge in [-0.25, -0.2) is 0 Å². The van der Waals surface area contributed by atoms with Crippen molar-refractivity contribution in [1.82, 2.24) is 4.90 Å². The van der Waals surface area contributed by atoms with Crippen LogP contribution in [0.4, 0.5) is 5.69 Å². The molecule has 6 nitrogen and oxygen atoms in total. The third-order valence-electron chi connectivity index (χ3n) is 3.44. The summed E-state index contributed by atoms with van der Waals surface area (Å²) in [5.41, 5.74) is 0.566. The summed E-state index contributed by atoms with van der Waals surface area (Å²) >= 11 is 7.38. The molecule has 130 valence electrons. The van der Waals surface area contributed by atoms with Gasteiger partial charge in [0.15, 0.2) is 5.17 Å². The lowest BCUT2D eigenvalue weighted by atomic mass is 10.2. The molecule has 0 radical (unpaired) electrons. The van der Waals surface area contributed by atoms with E-state index in [2.05, 4.69) is 10.3 Å². The first-order valence-electron chi connectivity index (χ1n) is 7.66. The Morgan fingerprint density at radius 3 is 2.79 bits per heavy atom. The zero-order valence-corrected chi connectivity index (χ0v) is 15.4. The van der Waals surface area contributed by atoms with Gasteiger partial charge in [-0.1, -0.05) is 23.4 Å². The molecule has 1 aliphatic heterocycles. The molecule has 0 saturated carbocycles. The number of thioether (sulfide) groups is 1. The molecule has 8 heteroatoms. The van der Waals surface area contributed by atoms with Crippen LogP contribution in [0.3, 0.4) is 0 Å². The standard InChI is InChI=1S/C16H20ClN3O3S/c1-4-18-16-20(5-2)15(22)13(24-16)9-14(21)19-10-6-7-12(23-3)11(17)8-10/h6-8,13H,4-5,9H2,1-3H3,(H,19,21)/t13-/m1/s1. The Balaban J connectivity index is 2.01. The number of halogens is 1. The number of benzene rings is 1. The van der Waals surface area contributed by atoms with Gasteiger partial charge < -0.3 is 10.1 Å². The number of nitrogens with one attached hydrogen (secondary N) is 1. The molecule has 1 atom stereocenters. The van der Waals surface area contributed by atoms with E-state index in [0.29, 0.717) is 34.7 Å². The molecule has 24 heavy (non-hydrogen) atoms. The lowest BCUT2D eigenvalue weighted by Crippen LogP contribution is -2.33. The quantitative estimate of drug-likeness (QED) is 0.836. The van der Waals surface area contributed by atoms with Crippen LogP contribution in [0.2, 0.25) is 5.02 Å². The van der Waals surface area contributed by atoms with E-state index in [4.69, 9.17) is 16.3 Å². The second-order valence-electron chi connectivity index (χ2n) is 5.05. The Morgan fingerprint density at radius 2 is 2.21 bits per heavy atom. The Morgan fingerprint density at radius 1 is 1.46 bits per heavy atom. The number of rotatable bonds is 6. The van der Waals surface area contributed by atoms with Crippen molar-refractivity contribution in [3.63, 3.8) is 0 Å². The number of hydrogen-bond donors (Lipinski definition) is 1. The van der Waals surface area contributed by atoms with E-state index in [0.717, 1.165) is 0 Å². The first-order chi connectivity index (χ1) is 11.5. The minimum Gasteiger partial charge on any atom is -0.495 e. The van der Waals surface area contributed by atoms with E-state index in [-0.39, 0.29) is 18.2 Å². The van der Waals surface area contributed by atoms with Crippen LogP contribution in [-0.2, 0) is 9.59 Å². The smallest absolute Gasteiger partial charge is 0.242 e. The summed E-state index contributed by atoms with van der Waals surface area (Å²) in [7, 11) is 1.53. The molecule has 1 fully saturated rings. The second kappa shape index (κ2) is 8.39. The maximum Gasteiger partial charge on any atom is 0.242 e. The minimum absolute atomic E-state index is 0.0717. The SMILES string of the molecule is CCN=C1S[C@H](CC(=O)Nc2ccc(OC)c(Cl)c2)C(=O)N1CC. The number of carbonyl (C=O) groups excluding carboxylic acids is 2. The lowest BCUT2D eigenvalue weighted by Gasteiger charge is -2.13. The van der Waals surface area contributed by atoms with E-state index >= 15 is 0 Å². The fraction of sp³-hybridized carbons (Fsp3) is 0.438. The highest BCUT2D eigenvalue weighted by molar-refractivity contribution is 8.15. The van der Waals surface area contributed by atoms with Crippen LogP contribution in [0.1, 0.15) is 20.3 Å². The van der Waals surface area contributed by atoms with Crippen molar-refractivity contribution in [3.8, 4) is 5.75 Å². The van der Waals surface area contributed by atoms with E-state index in [1.807, 2.05) is 13.8 Å². The van der Waals surface area contributed by atoms with Gasteiger partial charge in [0, 0.05) is 25.2 Å². The number of nitrogens with zero attached hydrogens (tertiary/aromatic N) is 2. The van der Waals surface area contributed by atoms with Crippen molar-refractivity contribution in [2.45, 2.75) is 25.5 Å². The van der Waals surface area contributed by atoms with Crippen molar-refractivity contribution < 1.29 is 14.3 Å². The Hall–Kier alpha value is -1.73. The van der Waals surface area contributed by atoms with Gasteiger partial charge in [0.05, 0.1) is 12.1 Å². The summed E-state index contributed by atoms with van der Waals surface area (Å²) in [6.45, 7) is 4.97. The van der Waals surface area contributed by atoms with Gasteiger partial charge in [-0.2, -0.15) is 0 Å². The molecule has 0 unspecified atom stereocenters. The van der Waals surface area contributed by atoms with Crippen molar-refractivity contribution in [3.05, 3.63) is 23.2 Å². The van der Waals surface area contributed by atoms with E-state index in [1.54, 1.807) is 23.1 Å². The number of amides is 2. The first kappa shape index (κ1) is 18.6. The third kappa shape index (κ3) is 4.21. The fourth-order valence-electron chi connectivity index (χ4n) is 2.31. The average molecular weight is 370 g/mol. The predicted octanol–water partition coefficient (Wildman–Crippen LogP) is 3.02. The maximum absolute atomic E-state index is 12.4. The Bertz CT molecular complexity index is 666. The lowest BCUT2D eigenvalue weighted by molar-refractivity contribution is -0.128. The molecular weight excluding hydrogens is 350 g/mol. The molecule has 1 heterocycles. The number of carbonyl (C=O) groups is 2. The van der Waals surface area contributed by atoms with Crippen molar-refractivity contribution in [1.29, 1.82) is 0 Å². The van der Waals surface area contributed by atoms with Crippen LogP contribution in [0.25, 0.3) is 0 Å².